The van der Waals surface area contributed by atoms with Gasteiger partial charge in [-0.2, -0.15) is 5.26 Å². The first-order chi connectivity index (χ1) is 19.9. The van der Waals surface area contributed by atoms with Crippen LogP contribution in [0.1, 0.15) is 34.3 Å². The first-order valence-corrected chi connectivity index (χ1v) is 13.8. The molecule has 214 valence electrons. The largest absolute Gasteiger partial charge is 0.369 e. The van der Waals surface area contributed by atoms with Gasteiger partial charge in [0, 0.05) is 50.7 Å². The van der Waals surface area contributed by atoms with Gasteiger partial charge in [0.2, 0.25) is 5.91 Å². The third kappa shape index (κ3) is 7.87. The molecule has 0 aliphatic carbocycles. The number of nitrogens with one attached hydrogen (secondary N) is 2. The predicted molar refractivity (Wildman–Crippen MR) is 157 cm³/mol. The van der Waals surface area contributed by atoms with Crippen LogP contribution in [-0.4, -0.2) is 79.0 Å². The number of piperazine rings is 1. The van der Waals surface area contributed by atoms with Gasteiger partial charge in [0.25, 0.3) is 5.91 Å². The minimum absolute atomic E-state index is 0.0337. The summed E-state index contributed by atoms with van der Waals surface area (Å²) in [4.78, 5) is 34.7. The monoisotopic (exact) mass is 557 g/mol. The molecule has 0 unspecified atom stereocenters. The first-order valence-electron chi connectivity index (χ1n) is 13.8. The zero-order chi connectivity index (χ0) is 29.2. The molecule has 1 fully saturated rings. The molecule has 1 aliphatic heterocycles. The maximum Gasteiger partial charge on any atom is 0.255 e. The Balaban J connectivity index is 1.50. The average molecular weight is 558 g/mol. The van der Waals surface area contributed by atoms with Crippen molar-refractivity contribution in [2.75, 3.05) is 51.6 Å². The van der Waals surface area contributed by atoms with Crippen molar-refractivity contribution in [2.24, 2.45) is 5.73 Å². The lowest BCUT2D eigenvalue weighted by molar-refractivity contribution is -0.133. The van der Waals surface area contributed by atoms with Crippen molar-refractivity contribution < 1.29 is 14.0 Å². The van der Waals surface area contributed by atoms with Crippen molar-refractivity contribution in [3.8, 4) is 17.3 Å². The minimum Gasteiger partial charge on any atom is -0.369 e. The highest BCUT2D eigenvalue weighted by Gasteiger charge is 2.27. The van der Waals surface area contributed by atoms with Gasteiger partial charge < -0.3 is 21.3 Å². The number of nitriles is 1. The number of aromatic nitrogens is 1. The van der Waals surface area contributed by atoms with E-state index in [0.717, 1.165) is 12.1 Å². The van der Waals surface area contributed by atoms with Crippen LogP contribution in [0, 0.1) is 17.1 Å². The second kappa shape index (κ2) is 14.3. The Morgan fingerprint density at radius 3 is 2.76 bits per heavy atom. The molecule has 0 spiro atoms. The molecule has 4 N–H and O–H groups in total. The van der Waals surface area contributed by atoms with Gasteiger partial charge in [-0.25, -0.2) is 9.37 Å². The van der Waals surface area contributed by atoms with E-state index in [0.29, 0.717) is 80.2 Å². The zero-order valence-electron chi connectivity index (χ0n) is 23.3. The van der Waals surface area contributed by atoms with Gasteiger partial charge in [-0.05, 0) is 62.3 Å². The van der Waals surface area contributed by atoms with E-state index in [-0.39, 0.29) is 23.7 Å². The molecule has 10 heteroatoms. The maximum absolute atomic E-state index is 13.6. The van der Waals surface area contributed by atoms with E-state index in [1.165, 1.54) is 12.1 Å². The molecule has 1 aromatic heterocycles. The molecule has 2 amide bonds. The van der Waals surface area contributed by atoms with Crippen LogP contribution >= 0.6 is 0 Å². The number of anilines is 1. The highest BCUT2D eigenvalue weighted by atomic mass is 19.1. The molecular formula is C31H36FN7O2. The first kappa shape index (κ1) is 29.6. The summed E-state index contributed by atoms with van der Waals surface area (Å²) in [6.45, 7) is 3.16. The number of amides is 2. The maximum atomic E-state index is 13.6. The van der Waals surface area contributed by atoms with Crippen LogP contribution in [-0.2, 0) is 11.2 Å². The number of likely N-dealkylation sites (N-methyl/N-ethyl adjacent to an activating group) is 1. The summed E-state index contributed by atoms with van der Waals surface area (Å²) in [6.07, 6.45) is 1.61. The predicted octanol–water partition coefficient (Wildman–Crippen LogP) is 3.03. The lowest BCUT2D eigenvalue weighted by Gasteiger charge is -2.39. The molecule has 41 heavy (non-hydrogen) atoms. The van der Waals surface area contributed by atoms with Crippen molar-refractivity contribution in [2.45, 2.75) is 25.3 Å². The van der Waals surface area contributed by atoms with E-state index < -0.39 is 0 Å². The van der Waals surface area contributed by atoms with Crippen molar-refractivity contribution in [1.29, 1.82) is 5.26 Å². The van der Waals surface area contributed by atoms with Gasteiger partial charge in [-0.15, -0.1) is 0 Å². The fourth-order valence-corrected chi connectivity index (χ4v) is 4.86. The highest BCUT2D eigenvalue weighted by molar-refractivity contribution is 5.99. The molecular weight excluding hydrogens is 521 g/mol. The molecule has 0 saturated carbocycles. The Morgan fingerprint density at radius 1 is 1.15 bits per heavy atom. The van der Waals surface area contributed by atoms with Crippen LogP contribution in [0.3, 0.4) is 0 Å². The van der Waals surface area contributed by atoms with Gasteiger partial charge >= 0.3 is 0 Å². The summed E-state index contributed by atoms with van der Waals surface area (Å²) in [5.41, 5.74) is 8.45. The normalized spacial score (nSPS) is 15.3. The summed E-state index contributed by atoms with van der Waals surface area (Å²) in [7, 11) is 1.99. The Hall–Kier alpha value is -4.33. The molecule has 4 rings (SSSR count). The Morgan fingerprint density at radius 2 is 1.98 bits per heavy atom. The van der Waals surface area contributed by atoms with Crippen LogP contribution in [0.2, 0.25) is 0 Å². The van der Waals surface area contributed by atoms with Crippen LogP contribution < -0.4 is 16.4 Å². The number of nitrogens with zero attached hydrogens (tertiary/aromatic N) is 4. The molecule has 1 aliphatic rings. The zero-order valence-corrected chi connectivity index (χ0v) is 23.3. The van der Waals surface area contributed by atoms with Crippen LogP contribution in [0.4, 0.5) is 10.2 Å². The summed E-state index contributed by atoms with van der Waals surface area (Å²) in [5.74, 6) is -0.143. The number of rotatable bonds is 11. The smallest absolute Gasteiger partial charge is 0.255 e. The van der Waals surface area contributed by atoms with Gasteiger partial charge in [-0.3, -0.25) is 14.5 Å². The Kier molecular flexibility index (Phi) is 10.4. The molecule has 9 nitrogen and oxygen atoms in total. The summed E-state index contributed by atoms with van der Waals surface area (Å²) in [5, 5.41) is 15.8. The fourth-order valence-electron chi connectivity index (χ4n) is 4.86. The lowest BCUT2D eigenvalue weighted by Crippen LogP contribution is -2.56. The Labute approximate surface area is 240 Å². The van der Waals surface area contributed by atoms with E-state index in [2.05, 4.69) is 21.6 Å². The van der Waals surface area contributed by atoms with Crippen LogP contribution in [0.5, 0.6) is 0 Å². The molecule has 2 heterocycles. The topological polar surface area (TPSA) is 127 Å². The number of halogens is 1. The number of hydrogen-bond donors (Lipinski definition) is 3. The minimum atomic E-state index is -0.303. The van der Waals surface area contributed by atoms with Crippen LogP contribution in [0.15, 0.2) is 60.7 Å². The second-order valence-electron chi connectivity index (χ2n) is 10.1. The lowest BCUT2D eigenvalue weighted by atomic mass is 10.0. The third-order valence-corrected chi connectivity index (χ3v) is 7.28. The van der Waals surface area contributed by atoms with Crippen molar-refractivity contribution >= 4 is 17.6 Å². The highest BCUT2D eigenvalue weighted by Crippen LogP contribution is 2.25. The number of carbonyl (C=O) groups excluding carboxylic acids is 2. The molecule has 1 saturated heterocycles. The number of benzene rings is 2. The van der Waals surface area contributed by atoms with Crippen molar-refractivity contribution in [3.05, 3.63) is 83.2 Å². The van der Waals surface area contributed by atoms with E-state index in [1.54, 1.807) is 30.3 Å². The molecule has 3 aromatic rings. The van der Waals surface area contributed by atoms with E-state index in [9.17, 15) is 19.2 Å². The SMILES string of the molecule is CN1CCN(C(=O)CCCN)C[C@@H]1CNC(=O)c1ccc(-c2ccccc2C#N)nc1NCCc1cccc(F)c1. The van der Waals surface area contributed by atoms with E-state index in [1.807, 2.05) is 30.1 Å². The number of hydrogen-bond acceptors (Lipinski definition) is 7. The summed E-state index contributed by atoms with van der Waals surface area (Å²) >= 11 is 0. The third-order valence-electron chi connectivity index (χ3n) is 7.28. The molecule has 1 atom stereocenters. The van der Waals surface area contributed by atoms with E-state index in [4.69, 9.17) is 10.7 Å². The van der Waals surface area contributed by atoms with Gasteiger partial charge in [0.15, 0.2) is 0 Å². The summed E-state index contributed by atoms with van der Waals surface area (Å²) in [6, 6.07) is 19.1. The van der Waals surface area contributed by atoms with E-state index >= 15 is 0 Å². The number of nitrogens with two attached hydrogens (primary N) is 1. The molecule has 2 aromatic carbocycles. The molecule has 0 radical (unpaired) electrons. The summed E-state index contributed by atoms with van der Waals surface area (Å²) < 4.78 is 13.6. The average Bonchev–Trinajstić information content (AvgIpc) is 2.99. The van der Waals surface area contributed by atoms with Crippen molar-refractivity contribution in [3.63, 3.8) is 0 Å². The Bertz CT molecular complexity index is 1410. The second-order valence-corrected chi connectivity index (χ2v) is 10.1. The standard InChI is InChI=1S/C31H36FN7O2/c1-38-16-17-39(29(40)10-5-14-33)21-25(38)20-36-31(41)27-11-12-28(26-9-3-2-7-23(26)19-34)37-30(27)35-15-13-22-6-4-8-24(32)18-22/h2-4,6-9,11-12,18,25H,5,10,13-17,20-21,33H2,1H3,(H,35,37)(H,36,41)/t25-/m0/s1. The number of pyridine rings is 1. The van der Waals surface area contributed by atoms with Gasteiger partial charge in [0.05, 0.1) is 22.9 Å². The number of carbonyl (C=O) groups is 2. The fraction of sp³-hybridized carbons (Fsp3) is 0.355. The van der Waals surface area contributed by atoms with Gasteiger partial charge in [0.1, 0.15) is 11.6 Å². The quantitative estimate of drug-likeness (QED) is 0.331. The van der Waals surface area contributed by atoms with Gasteiger partial charge in [-0.1, -0.05) is 30.3 Å². The van der Waals surface area contributed by atoms with Crippen molar-refractivity contribution in [1.82, 2.24) is 20.1 Å². The molecule has 0 bridgehead atoms. The van der Waals surface area contributed by atoms with Crippen LogP contribution in [0.25, 0.3) is 11.3 Å².